The van der Waals surface area contributed by atoms with E-state index < -0.39 is 11.5 Å². The highest BCUT2D eigenvalue weighted by atomic mass is 16.4. The zero-order chi connectivity index (χ0) is 14.8. The molecule has 1 saturated carbocycles. The Kier molecular flexibility index (Phi) is 4.75. The van der Waals surface area contributed by atoms with E-state index in [-0.39, 0.29) is 0 Å². The van der Waals surface area contributed by atoms with Gasteiger partial charge in [0.15, 0.2) is 0 Å². The number of carboxylic acids is 1. The molecule has 116 valence electrons. The minimum atomic E-state index is -0.702. The van der Waals surface area contributed by atoms with Crippen molar-refractivity contribution in [2.75, 3.05) is 20.1 Å². The molecule has 0 amide bonds. The zero-order valence-electron chi connectivity index (χ0n) is 13.2. The molecule has 2 aliphatic rings. The molecule has 0 radical (unpaired) electrons. The fourth-order valence-corrected chi connectivity index (χ4v) is 4.19. The standard InChI is InChI=1S/C16H30N2O2/c1-4-15(5-2)9-10-18(12-15)13-7-6-8-16(11-13,17-3)14(19)20/h13,17H,4-12H2,1-3H3,(H,19,20). The Balaban J connectivity index is 2.05. The highest BCUT2D eigenvalue weighted by molar-refractivity contribution is 5.79. The molecule has 1 heterocycles. The zero-order valence-corrected chi connectivity index (χ0v) is 13.2. The molecule has 1 aliphatic carbocycles. The molecule has 0 aromatic heterocycles. The summed E-state index contributed by atoms with van der Waals surface area (Å²) < 4.78 is 0. The SMILES string of the molecule is CCC1(CC)CCN(C2CCCC(NC)(C(=O)O)C2)C1. The van der Waals surface area contributed by atoms with Gasteiger partial charge >= 0.3 is 5.97 Å². The third-order valence-corrected chi connectivity index (χ3v) is 6.10. The van der Waals surface area contributed by atoms with Gasteiger partial charge in [0.05, 0.1) is 0 Å². The van der Waals surface area contributed by atoms with Crippen LogP contribution in [0.1, 0.15) is 58.8 Å². The van der Waals surface area contributed by atoms with Crippen LogP contribution in [0.3, 0.4) is 0 Å². The maximum absolute atomic E-state index is 11.6. The van der Waals surface area contributed by atoms with Crippen LogP contribution in [0.4, 0.5) is 0 Å². The van der Waals surface area contributed by atoms with Crippen LogP contribution in [0.5, 0.6) is 0 Å². The Morgan fingerprint density at radius 1 is 1.35 bits per heavy atom. The van der Waals surface area contributed by atoms with Crippen LogP contribution >= 0.6 is 0 Å². The Morgan fingerprint density at radius 2 is 2.05 bits per heavy atom. The predicted octanol–water partition coefficient (Wildman–Crippen LogP) is 2.48. The smallest absolute Gasteiger partial charge is 0.323 e. The lowest BCUT2D eigenvalue weighted by Crippen LogP contribution is -2.57. The number of likely N-dealkylation sites (tertiary alicyclic amines) is 1. The van der Waals surface area contributed by atoms with Crippen molar-refractivity contribution in [2.24, 2.45) is 5.41 Å². The van der Waals surface area contributed by atoms with E-state index in [2.05, 4.69) is 24.1 Å². The topological polar surface area (TPSA) is 52.6 Å². The van der Waals surface area contributed by atoms with Crippen LogP contribution in [0, 0.1) is 5.41 Å². The maximum atomic E-state index is 11.6. The molecule has 0 spiro atoms. The summed E-state index contributed by atoms with van der Waals surface area (Å²) in [5, 5.41) is 12.7. The predicted molar refractivity (Wildman–Crippen MR) is 80.9 cm³/mol. The fraction of sp³-hybridized carbons (Fsp3) is 0.938. The van der Waals surface area contributed by atoms with Crippen LogP contribution in [0.25, 0.3) is 0 Å². The van der Waals surface area contributed by atoms with E-state index in [0.717, 1.165) is 38.8 Å². The van der Waals surface area contributed by atoms with Gasteiger partial charge in [-0.3, -0.25) is 9.69 Å². The third-order valence-electron chi connectivity index (χ3n) is 6.10. The summed E-state index contributed by atoms with van der Waals surface area (Å²) in [6, 6.07) is 0.437. The van der Waals surface area contributed by atoms with E-state index in [1.165, 1.54) is 19.3 Å². The van der Waals surface area contributed by atoms with Gasteiger partial charge in [-0.05, 0) is 64.0 Å². The molecule has 0 bridgehead atoms. The summed E-state index contributed by atoms with van der Waals surface area (Å²) >= 11 is 0. The number of carbonyl (C=O) groups is 1. The highest BCUT2D eigenvalue weighted by Crippen LogP contribution is 2.41. The highest BCUT2D eigenvalue weighted by Gasteiger charge is 2.45. The number of hydrogen-bond acceptors (Lipinski definition) is 3. The summed E-state index contributed by atoms with van der Waals surface area (Å²) in [4.78, 5) is 14.2. The molecule has 0 aromatic rings. The van der Waals surface area contributed by atoms with Crippen molar-refractivity contribution in [1.29, 1.82) is 0 Å². The lowest BCUT2D eigenvalue weighted by atomic mass is 9.78. The monoisotopic (exact) mass is 282 g/mol. The first-order valence-electron chi connectivity index (χ1n) is 8.17. The number of hydrogen-bond donors (Lipinski definition) is 2. The second-order valence-electron chi connectivity index (χ2n) is 6.82. The number of carboxylic acid groups (broad SMARTS) is 1. The van der Waals surface area contributed by atoms with E-state index in [0.29, 0.717) is 11.5 Å². The van der Waals surface area contributed by atoms with Crippen LogP contribution in [0.2, 0.25) is 0 Å². The number of likely N-dealkylation sites (N-methyl/N-ethyl adjacent to an activating group) is 1. The van der Waals surface area contributed by atoms with Crippen molar-refractivity contribution in [3.05, 3.63) is 0 Å². The quantitative estimate of drug-likeness (QED) is 0.813. The number of aliphatic carboxylic acids is 1. The maximum Gasteiger partial charge on any atom is 0.323 e. The van der Waals surface area contributed by atoms with E-state index in [9.17, 15) is 9.90 Å². The van der Waals surface area contributed by atoms with E-state index in [1.807, 2.05) is 0 Å². The Hall–Kier alpha value is -0.610. The minimum absolute atomic E-state index is 0.437. The molecule has 2 atom stereocenters. The fourth-order valence-electron chi connectivity index (χ4n) is 4.19. The molecule has 0 aromatic carbocycles. The van der Waals surface area contributed by atoms with Crippen molar-refractivity contribution in [1.82, 2.24) is 10.2 Å². The molecule has 2 unspecified atom stereocenters. The molecule has 20 heavy (non-hydrogen) atoms. The minimum Gasteiger partial charge on any atom is -0.480 e. The van der Waals surface area contributed by atoms with Gasteiger partial charge in [0.2, 0.25) is 0 Å². The van der Waals surface area contributed by atoms with Crippen molar-refractivity contribution >= 4 is 5.97 Å². The molecule has 1 aliphatic heterocycles. The van der Waals surface area contributed by atoms with Crippen LogP contribution < -0.4 is 5.32 Å². The Labute approximate surface area is 122 Å². The summed E-state index contributed by atoms with van der Waals surface area (Å²) in [6.07, 6.45) is 7.43. The molecule has 4 heteroatoms. The van der Waals surface area contributed by atoms with Gasteiger partial charge in [-0.2, -0.15) is 0 Å². The lowest BCUT2D eigenvalue weighted by Gasteiger charge is -2.41. The normalized spacial score (nSPS) is 34.2. The summed E-state index contributed by atoms with van der Waals surface area (Å²) in [7, 11) is 1.79. The molecular formula is C16H30N2O2. The number of rotatable bonds is 5. The van der Waals surface area contributed by atoms with Crippen molar-refractivity contribution in [2.45, 2.75) is 70.4 Å². The van der Waals surface area contributed by atoms with E-state index >= 15 is 0 Å². The number of nitrogens with zero attached hydrogens (tertiary/aromatic N) is 1. The summed E-state index contributed by atoms with van der Waals surface area (Å²) in [5.41, 5.74) is -0.227. The lowest BCUT2D eigenvalue weighted by molar-refractivity contribution is -0.147. The van der Waals surface area contributed by atoms with E-state index in [1.54, 1.807) is 7.05 Å². The van der Waals surface area contributed by atoms with Crippen LogP contribution in [0.15, 0.2) is 0 Å². The first kappa shape index (κ1) is 15.8. The van der Waals surface area contributed by atoms with Crippen LogP contribution in [-0.4, -0.2) is 47.7 Å². The molecule has 2 rings (SSSR count). The molecule has 4 nitrogen and oxygen atoms in total. The average Bonchev–Trinajstić information content (AvgIpc) is 2.92. The third kappa shape index (κ3) is 2.73. The second-order valence-corrected chi connectivity index (χ2v) is 6.82. The first-order valence-corrected chi connectivity index (χ1v) is 8.17. The summed E-state index contributed by atoms with van der Waals surface area (Å²) in [5.74, 6) is -0.679. The van der Waals surface area contributed by atoms with Gasteiger partial charge in [-0.25, -0.2) is 0 Å². The Morgan fingerprint density at radius 3 is 2.55 bits per heavy atom. The van der Waals surface area contributed by atoms with Crippen molar-refractivity contribution in [3.8, 4) is 0 Å². The van der Waals surface area contributed by atoms with Gasteiger partial charge in [0.25, 0.3) is 0 Å². The van der Waals surface area contributed by atoms with Crippen LogP contribution in [-0.2, 0) is 4.79 Å². The van der Waals surface area contributed by atoms with Gasteiger partial charge in [0.1, 0.15) is 5.54 Å². The van der Waals surface area contributed by atoms with Gasteiger partial charge < -0.3 is 10.4 Å². The number of nitrogens with one attached hydrogen (secondary N) is 1. The molecule has 2 N–H and O–H groups in total. The molecular weight excluding hydrogens is 252 g/mol. The van der Waals surface area contributed by atoms with Crippen molar-refractivity contribution in [3.63, 3.8) is 0 Å². The summed E-state index contributed by atoms with van der Waals surface area (Å²) in [6.45, 7) is 6.89. The van der Waals surface area contributed by atoms with Crippen molar-refractivity contribution < 1.29 is 9.90 Å². The molecule has 1 saturated heterocycles. The second kappa shape index (κ2) is 6.02. The van der Waals surface area contributed by atoms with Gasteiger partial charge in [-0.1, -0.05) is 13.8 Å². The largest absolute Gasteiger partial charge is 0.480 e. The first-order chi connectivity index (χ1) is 9.51. The Bertz CT molecular complexity index is 354. The van der Waals surface area contributed by atoms with Gasteiger partial charge in [0, 0.05) is 12.6 Å². The van der Waals surface area contributed by atoms with E-state index in [4.69, 9.17) is 0 Å². The molecule has 2 fully saturated rings. The van der Waals surface area contributed by atoms with Gasteiger partial charge in [-0.15, -0.1) is 0 Å². The average molecular weight is 282 g/mol.